The first-order valence-electron chi connectivity index (χ1n) is 19.9. The number of methoxy groups -OCH3 is 2. The molecule has 4 amide bonds. The third-order valence-electron chi connectivity index (χ3n) is 11.2. The van der Waals surface area contributed by atoms with E-state index >= 15 is 0 Å². The molecule has 3 N–H and O–H groups in total. The van der Waals surface area contributed by atoms with E-state index in [1.54, 1.807) is 16.0 Å². The molecule has 0 spiro atoms. The maximum absolute atomic E-state index is 13.9. The van der Waals surface area contributed by atoms with Gasteiger partial charge in [-0.3, -0.25) is 14.6 Å². The number of allylic oxidation sites excluding steroid dienone is 1. The normalized spacial score (nSPS) is 18.0. The zero-order chi connectivity index (χ0) is 41.6. The minimum Gasteiger partial charge on any atom is -0.453 e. The first kappa shape index (κ1) is 39.5. The summed E-state index contributed by atoms with van der Waals surface area (Å²) in [5.74, 6) is 0.244. The molecule has 4 aromatic carbocycles. The highest BCUT2D eigenvalue weighted by atomic mass is 16.5. The number of aromatic amines is 1. The minimum absolute atomic E-state index is 0.215. The van der Waals surface area contributed by atoms with Gasteiger partial charge in [-0.2, -0.15) is 0 Å². The number of ether oxygens (including phenoxy) is 2. The number of nitrogens with zero attached hydrogens (tertiary/aromatic N) is 4. The second-order valence-corrected chi connectivity index (χ2v) is 14.8. The first-order chi connectivity index (χ1) is 29.3. The van der Waals surface area contributed by atoms with Crippen LogP contribution in [0, 0.1) is 0 Å². The van der Waals surface area contributed by atoms with Crippen molar-refractivity contribution in [2.45, 2.75) is 43.4 Å². The van der Waals surface area contributed by atoms with E-state index in [9.17, 15) is 19.2 Å². The lowest BCUT2D eigenvalue weighted by Crippen LogP contribution is -2.47. The van der Waals surface area contributed by atoms with Gasteiger partial charge < -0.3 is 34.9 Å². The summed E-state index contributed by atoms with van der Waals surface area (Å²) in [4.78, 5) is 68.7. The number of nitrogens with one attached hydrogen (secondary N) is 3. The first-order valence-corrected chi connectivity index (χ1v) is 19.9. The SMILES string of the molecule is COC(=O)N[C@@H](C(=O)N1CC=C[C@H]1C1=NC=C(c2ccc(-c3ccc(-c4cnc([C@@H]5CCCN5C(=O)[C@H](NC(=O)OC)c5ccccc5)[nH]4)cc3)cc2)C1)c1ccccc1. The Morgan fingerprint density at radius 1 is 0.717 bits per heavy atom. The molecule has 13 heteroatoms. The molecule has 0 unspecified atom stereocenters. The highest BCUT2D eigenvalue weighted by Crippen LogP contribution is 2.35. The van der Waals surface area contributed by atoms with Gasteiger partial charge in [0.05, 0.1) is 38.2 Å². The van der Waals surface area contributed by atoms with Crippen molar-refractivity contribution in [2.24, 2.45) is 4.99 Å². The number of hydrogen-bond donors (Lipinski definition) is 3. The van der Waals surface area contributed by atoms with Gasteiger partial charge in [0.2, 0.25) is 0 Å². The van der Waals surface area contributed by atoms with E-state index in [1.807, 2.05) is 79.0 Å². The van der Waals surface area contributed by atoms with Crippen molar-refractivity contribution in [3.05, 3.63) is 156 Å². The van der Waals surface area contributed by atoms with Crippen LogP contribution in [0.1, 0.15) is 59.9 Å². The molecule has 13 nitrogen and oxygen atoms in total. The van der Waals surface area contributed by atoms with Gasteiger partial charge in [0, 0.05) is 31.4 Å². The Kier molecular flexibility index (Phi) is 11.7. The van der Waals surface area contributed by atoms with Crippen molar-refractivity contribution in [1.82, 2.24) is 30.4 Å². The lowest BCUT2D eigenvalue weighted by Gasteiger charge is -2.29. The van der Waals surface area contributed by atoms with Crippen LogP contribution in [0.25, 0.3) is 28.0 Å². The molecule has 1 aromatic heterocycles. The summed E-state index contributed by atoms with van der Waals surface area (Å²) in [6.07, 6.45) is 8.41. The van der Waals surface area contributed by atoms with Crippen LogP contribution in [-0.4, -0.2) is 82.8 Å². The number of rotatable bonds is 11. The van der Waals surface area contributed by atoms with Gasteiger partial charge in [-0.05, 0) is 51.8 Å². The van der Waals surface area contributed by atoms with Crippen LogP contribution in [0.4, 0.5) is 9.59 Å². The van der Waals surface area contributed by atoms with Crippen LogP contribution in [0.15, 0.2) is 139 Å². The zero-order valence-electron chi connectivity index (χ0n) is 33.3. The van der Waals surface area contributed by atoms with E-state index < -0.39 is 24.3 Å². The molecule has 304 valence electrons. The maximum Gasteiger partial charge on any atom is 0.407 e. The number of likely N-dealkylation sites (tertiary alicyclic amines) is 1. The van der Waals surface area contributed by atoms with E-state index in [0.717, 1.165) is 52.1 Å². The summed E-state index contributed by atoms with van der Waals surface area (Å²) in [7, 11) is 2.56. The van der Waals surface area contributed by atoms with Crippen LogP contribution in [0.2, 0.25) is 0 Å². The van der Waals surface area contributed by atoms with E-state index in [0.29, 0.717) is 36.5 Å². The molecule has 0 saturated carbocycles. The predicted molar refractivity (Wildman–Crippen MR) is 227 cm³/mol. The lowest BCUT2D eigenvalue weighted by atomic mass is 9.96. The number of carbonyl (C=O) groups excluding carboxylic acids is 4. The molecule has 4 heterocycles. The van der Waals surface area contributed by atoms with Crippen LogP contribution >= 0.6 is 0 Å². The third-order valence-corrected chi connectivity index (χ3v) is 11.2. The van der Waals surface area contributed by atoms with Crippen molar-refractivity contribution in [3.63, 3.8) is 0 Å². The van der Waals surface area contributed by atoms with Gasteiger partial charge in [0.15, 0.2) is 0 Å². The van der Waals surface area contributed by atoms with Gasteiger partial charge in [0.1, 0.15) is 17.9 Å². The second-order valence-electron chi connectivity index (χ2n) is 14.8. The molecule has 1 fully saturated rings. The number of H-pyrrole nitrogens is 1. The van der Waals surface area contributed by atoms with Crippen LogP contribution < -0.4 is 10.6 Å². The Hall–Kier alpha value is -7.28. The Bertz CT molecular complexity index is 2450. The topological polar surface area (TPSA) is 158 Å². The van der Waals surface area contributed by atoms with E-state index in [-0.39, 0.29) is 23.9 Å². The van der Waals surface area contributed by atoms with E-state index in [4.69, 9.17) is 19.5 Å². The monoisotopic (exact) mass is 803 g/mol. The summed E-state index contributed by atoms with van der Waals surface area (Å²) in [5.41, 5.74) is 8.23. The number of imidazole rings is 1. The fourth-order valence-corrected chi connectivity index (χ4v) is 8.08. The average molecular weight is 804 g/mol. The molecule has 0 bridgehead atoms. The van der Waals surface area contributed by atoms with Crippen LogP contribution in [0.5, 0.6) is 0 Å². The smallest absolute Gasteiger partial charge is 0.407 e. The molecule has 0 radical (unpaired) electrons. The lowest BCUT2D eigenvalue weighted by molar-refractivity contribution is -0.134. The van der Waals surface area contributed by atoms with Crippen molar-refractivity contribution in [3.8, 4) is 22.4 Å². The van der Waals surface area contributed by atoms with Gasteiger partial charge in [-0.15, -0.1) is 0 Å². The van der Waals surface area contributed by atoms with Gasteiger partial charge >= 0.3 is 12.2 Å². The van der Waals surface area contributed by atoms with Gasteiger partial charge in [-0.25, -0.2) is 14.6 Å². The summed E-state index contributed by atoms with van der Waals surface area (Å²) < 4.78 is 9.65. The summed E-state index contributed by atoms with van der Waals surface area (Å²) >= 11 is 0. The number of alkyl carbamates (subject to hydrolysis) is 2. The number of carbonyl (C=O) groups is 4. The maximum atomic E-state index is 13.9. The van der Waals surface area contributed by atoms with Crippen LogP contribution in [0.3, 0.4) is 0 Å². The van der Waals surface area contributed by atoms with E-state index in [1.165, 1.54) is 14.2 Å². The molecule has 3 aliphatic heterocycles. The molecular weight excluding hydrogens is 759 g/mol. The number of aromatic nitrogens is 2. The molecule has 3 aliphatic rings. The van der Waals surface area contributed by atoms with Crippen molar-refractivity contribution in [1.29, 1.82) is 0 Å². The Morgan fingerprint density at radius 2 is 1.27 bits per heavy atom. The highest BCUT2D eigenvalue weighted by Gasteiger charge is 2.38. The second kappa shape index (κ2) is 17.7. The molecule has 0 aliphatic carbocycles. The summed E-state index contributed by atoms with van der Waals surface area (Å²) in [5, 5.41) is 5.41. The predicted octanol–water partition coefficient (Wildman–Crippen LogP) is 7.55. The molecule has 5 aromatic rings. The van der Waals surface area contributed by atoms with E-state index in [2.05, 4.69) is 64.1 Å². The summed E-state index contributed by atoms with van der Waals surface area (Å²) in [6.45, 7) is 0.960. The Balaban J connectivity index is 0.901. The molecule has 60 heavy (non-hydrogen) atoms. The van der Waals surface area contributed by atoms with Crippen molar-refractivity contribution in [2.75, 3.05) is 27.3 Å². The molecule has 1 saturated heterocycles. The van der Waals surface area contributed by atoms with Gasteiger partial charge in [0.25, 0.3) is 11.8 Å². The quantitative estimate of drug-likeness (QED) is 0.116. The number of aliphatic imine (C=N–C) groups is 1. The van der Waals surface area contributed by atoms with Crippen LogP contribution in [-0.2, 0) is 19.1 Å². The fraction of sp³-hybridized carbons (Fsp3) is 0.234. The van der Waals surface area contributed by atoms with Crippen molar-refractivity contribution < 1.29 is 28.7 Å². The molecule has 8 rings (SSSR count). The largest absolute Gasteiger partial charge is 0.453 e. The zero-order valence-corrected chi connectivity index (χ0v) is 33.3. The molecule has 4 atom stereocenters. The van der Waals surface area contributed by atoms with Crippen molar-refractivity contribution >= 4 is 35.3 Å². The highest BCUT2D eigenvalue weighted by molar-refractivity contribution is 6.05. The summed E-state index contributed by atoms with van der Waals surface area (Å²) in [6, 6.07) is 32.5. The average Bonchev–Trinajstić information content (AvgIpc) is 4.15. The number of amides is 4. The standard InChI is InChI=1S/C47H45N7O6/c1-59-46(57)51-41(34-11-5-3-6-12-34)44(55)53-25-9-15-39(53)37-27-36(28-48-37)32-19-17-30(18-20-32)31-21-23-33(24-22-31)38-29-49-43(50-38)40-16-10-26-54(40)45(56)42(52-47(58)60-2)35-13-7-4-8-14-35/h3-9,11-15,17-24,28-29,39-42H,10,16,25-27H2,1-2H3,(H,49,50)(H,51,57)(H,52,58)/t39-,40-,41+,42+/m0/s1. The Morgan fingerprint density at radius 3 is 1.85 bits per heavy atom. The third kappa shape index (κ3) is 8.33. The number of benzene rings is 4. The fourth-order valence-electron chi connectivity index (χ4n) is 8.08. The number of hydrogen-bond acceptors (Lipinski definition) is 8. The minimum atomic E-state index is -0.896. The molecular formula is C47H45N7O6. The Labute approximate surface area is 347 Å². The van der Waals surface area contributed by atoms with Gasteiger partial charge in [-0.1, -0.05) is 121 Å².